The van der Waals surface area contributed by atoms with E-state index in [1.165, 1.54) is 18.9 Å². The van der Waals surface area contributed by atoms with Crippen molar-refractivity contribution in [2.45, 2.75) is 58.0 Å². The standard InChI is InChI=1S/C19H24N4O2/c1-13-11-15(13)16-8-6-14(25-16)7-9-19(24)20-12-18-22-21-17-5-3-2-4-10-23(17)18/h6-9,13,15H,2-5,10-12H2,1H3,(H,20,24)/b9-7-/t13-,15-/m1/s1. The summed E-state index contributed by atoms with van der Waals surface area (Å²) >= 11 is 0. The molecule has 0 radical (unpaired) electrons. The predicted molar refractivity (Wildman–Crippen MR) is 93.7 cm³/mol. The summed E-state index contributed by atoms with van der Waals surface area (Å²) in [5, 5.41) is 11.4. The van der Waals surface area contributed by atoms with Crippen molar-refractivity contribution in [3.05, 3.63) is 41.4 Å². The van der Waals surface area contributed by atoms with Crippen LogP contribution < -0.4 is 5.32 Å². The van der Waals surface area contributed by atoms with Crippen LogP contribution in [0.5, 0.6) is 0 Å². The van der Waals surface area contributed by atoms with Crippen molar-refractivity contribution in [3.8, 4) is 0 Å². The van der Waals surface area contributed by atoms with E-state index in [0.717, 1.165) is 49.0 Å². The number of nitrogens with one attached hydrogen (secondary N) is 1. The van der Waals surface area contributed by atoms with Crippen LogP contribution in [-0.4, -0.2) is 20.7 Å². The molecule has 1 amide bonds. The first-order chi connectivity index (χ1) is 12.2. The Morgan fingerprint density at radius 2 is 2.24 bits per heavy atom. The van der Waals surface area contributed by atoms with Crippen LogP contribution in [-0.2, 0) is 24.3 Å². The lowest BCUT2D eigenvalue weighted by molar-refractivity contribution is -0.116. The Morgan fingerprint density at radius 1 is 1.36 bits per heavy atom. The maximum absolute atomic E-state index is 12.1. The number of carbonyl (C=O) groups is 1. The van der Waals surface area contributed by atoms with Gasteiger partial charge in [0, 0.05) is 25.0 Å². The minimum atomic E-state index is -0.149. The van der Waals surface area contributed by atoms with Gasteiger partial charge >= 0.3 is 0 Å². The first kappa shape index (κ1) is 16.1. The molecule has 2 atom stereocenters. The predicted octanol–water partition coefficient (Wildman–Crippen LogP) is 3.05. The van der Waals surface area contributed by atoms with E-state index in [2.05, 4.69) is 27.0 Å². The first-order valence-corrected chi connectivity index (χ1v) is 9.17. The topological polar surface area (TPSA) is 73.0 Å². The molecule has 0 aromatic carbocycles. The molecule has 1 N–H and O–H groups in total. The normalized spacial score (nSPS) is 22.6. The van der Waals surface area contributed by atoms with Crippen LogP contribution >= 0.6 is 0 Å². The molecule has 2 aliphatic rings. The highest BCUT2D eigenvalue weighted by molar-refractivity contribution is 5.91. The van der Waals surface area contributed by atoms with E-state index < -0.39 is 0 Å². The highest BCUT2D eigenvalue weighted by atomic mass is 16.3. The summed E-state index contributed by atoms with van der Waals surface area (Å²) in [6, 6.07) is 3.93. The van der Waals surface area contributed by atoms with Gasteiger partial charge < -0.3 is 14.3 Å². The Bertz CT molecular complexity index is 789. The van der Waals surface area contributed by atoms with E-state index in [4.69, 9.17) is 4.42 Å². The van der Waals surface area contributed by atoms with E-state index in [9.17, 15) is 4.79 Å². The zero-order valence-corrected chi connectivity index (χ0v) is 14.6. The molecule has 132 valence electrons. The van der Waals surface area contributed by atoms with Gasteiger partial charge in [0.1, 0.15) is 17.3 Å². The minimum Gasteiger partial charge on any atom is -0.461 e. The summed E-state index contributed by atoms with van der Waals surface area (Å²) in [4.78, 5) is 12.1. The Balaban J connectivity index is 1.32. The number of amides is 1. The summed E-state index contributed by atoms with van der Waals surface area (Å²) in [6.07, 6.45) is 8.93. The fourth-order valence-electron chi connectivity index (χ4n) is 3.43. The van der Waals surface area contributed by atoms with Gasteiger partial charge in [0.05, 0.1) is 6.54 Å². The van der Waals surface area contributed by atoms with Crippen LogP contribution in [0.1, 0.15) is 61.7 Å². The first-order valence-electron chi connectivity index (χ1n) is 9.17. The van der Waals surface area contributed by atoms with Gasteiger partial charge in [-0.05, 0) is 43.4 Å². The van der Waals surface area contributed by atoms with Crippen LogP contribution in [0.4, 0.5) is 0 Å². The number of rotatable bonds is 5. The lowest BCUT2D eigenvalue weighted by atomic mass is 10.2. The highest BCUT2D eigenvalue weighted by Crippen LogP contribution is 2.47. The highest BCUT2D eigenvalue weighted by Gasteiger charge is 2.36. The Kier molecular flexibility index (Phi) is 4.42. The lowest BCUT2D eigenvalue weighted by Crippen LogP contribution is -2.23. The van der Waals surface area contributed by atoms with Crippen LogP contribution in [0.25, 0.3) is 6.08 Å². The number of hydrogen-bond acceptors (Lipinski definition) is 4. The molecule has 0 spiro atoms. The molecular formula is C19H24N4O2. The van der Waals surface area contributed by atoms with E-state index in [-0.39, 0.29) is 5.91 Å². The molecule has 3 heterocycles. The molecule has 0 bridgehead atoms. The van der Waals surface area contributed by atoms with Crippen molar-refractivity contribution in [2.75, 3.05) is 0 Å². The zero-order valence-electron chi connectivity index (χ0n) is 14.6. The van der Waals surface area contributed by atoms with E-state index in [0.29, 0.717) is 18.4 Å². The summed E-state index contributed by atoms with van der Waals surface area (Å²) in [5.74, 6) is 4.74. The van der Waals surface area contributed by atoms with Crippen molar-refractivity contribution in [2.24, 2.45) is 5.92 Å². The third-order valence-electron chi connectivity index (χ3n) is 5.13. The van der Waals surface area contributed by atoms with Gasteiger partial charge in [0.15, 0.2) is 5.82 Å². The molecule has 1 fully saturated rings. The Hall–Kier alpha value is -2.37. The summed E-state index contributed by atoms with van der Waals surface area (Å²) in [6.45, 7) is 3.57. The van der Waals surface area contributed by atoms with Crippen LogP contribution in [0.3, 0.4) is 0 Å². The summed E-state index contributed by atoms with van der Waals surface area (Å²) in [7, 11) is 0. The molecule has 2 aromatic heterocycles. The maximum Gasteiger partial charge on any atom is 0.244 e. The van der Waals surface area contributed by atoms with Crippen LogP contribution in [0.15, 0.2) is 22.6 Å². The Labute approximate surface area is 147 Å². The Morgan fingerprint density at radius 3 is 3.08 bits per heavy atom. The minimum absolute atomic E-state index is 0.149. The van der Waals surface area contributed by atoms with Crippen LogP contribution in [0, 0.1) is 5.92 Å². The second kappa shape index (κ2) is 6.86. The molecule has 6 heteroatoms. The quantitative estimate of drug-likeness (QED) is 0.849. The SMILES string of the molecule is C[C@@H]1C[C@H]1c1ccc(/C=C\C(=O)NCc2nnc3n2CCCCC3)o1. The molecule has 4 rings (SSSR count). The second-order valence-corrected chi connectivity index (χ2v) is 7.11. The third-order valence-corrected chi connectivity index (χ3v) is 5.13. The molecule has 0 saturated heterocycles. The lowest BCUT2D eigenvalue weighted by Gasteiger charge is -2.06. The molecule has 2 aromatic rings. The summed E-state index contributed by atoms with van der Waals surface area (Å²) < 4.78 is 7.92. The molecular weight excluding hydrogens is 316 g/mol. The third kappa shape index (κ3) is 3.67. The number of aryl methyl sites for hydroxylation is 1. The number of carbonyl (C=O) groups excluding carboxylic acids is 1. The molecule has 0 unspecified atom stereocenters. The zero-order chi connectivity index (χ0) is 17.2. The number of hydrogen-bond donors (Lipinski definition) is 1. The molecule has 1 saturated carbocycles. The van der Waals surface area contributed by atoms with Gasteiger partial charge in [-0.15, -0.1) is 10.2 Å². The van der Waals surface area contributed by atoms with Crippen molar-refractivity contribution in [1.29, 1.82) is 0 Å². The molecule has 25 heavy (non-hydrogen) atoms. The molecule has 1 aliphatic heterocycles. The number of furan rings is 1. The summed E-state index contributed by atoms with van der Waals surface area (Å²) in [5.41, 5.74) is 0. The maximum atomic E-state index is 12.1. The monoisotopic (exact) mass is 340 g/mol. The van der Waals surface area contributed by atoms with Gasteiger partial charge in [-0.25, -0.2) is 0 Å². The average Bonchev–Trinajstić information content (AvgIpc) is 3.06. The van der Waals surface area contributed by atoms with Gasteiger partial charge in [0.2, 0.25) is 5.91 Å². The van der Waals surface area contributed by atoms with Gasteiger partial charge in [0.25, 0.3) is 0 Å². The van der Waals surface area contributed by atoms with Crippen LogP contribution in [0.2, 0.25) is 0 Å². The fourth-order valence-corrected chi connectivity index (χ4v) is 3.43. The van der Waals surface area contributed by atoms with E-state index >= 15 is 0 Å². The number of fused-ring (bicyclic) bond motifs is 1. The van der Waals surface area contributed by atoms with Gasteiger partial charge in [-0.3, -0.25) is 4.79 Å². The number of nitrogens with zero attached hydrogens (tertiary/aromatic N) is 3. The second-order valence-electron chi connectivity index (χ2n) is 7.11. The smallest absolute Gasteiger partial charge is 0.244 e. The average molecular weight is 340 g/mol. The van der Waals surface area contributed by atoms with Gasteiger partial charge in [-0.2, -0.15) is 0 Å². The molecule has 1 aliphatic carbocycles. The largest absolute Gasteiger partial charge is 0.461 e. The van der Waals surface area contributed by atoms with Crippen molar-refractivity contribution in [1.82, 2.24) is 20.1 Å². The molecule has 6 nitrogen and oxygen atoms in total. The van der Waals surface area contributed by atoms with E-state index in [1.54, 1.807) is 6.08 Å². The number of aromatic nitrogens is 3. The van der Waals surface area contributed by atoms with Crippen molar-refractivity contribution in [3.63, 3.8) is 0 Å². The van der Waals surface area contributed by atoms with E-state index in [1.807, 2.05) is 12.1 Å². The van der Waals surface area contributed by atoms with Crippen molar-refractivity contribution >= 4 is 12.0 Å². The fraction of sp³-hybridized carbons (Fsp3) is 0.526. The van der Waals surface area contributed by atoms with Crippen molar-refractivity contribution < 1.29 is 9.21 Å². The van der Waals surface area contributed by atoms with Gasteiger partial charge in [-0.1, -0.05) is 13.3 Å².